The van der Waals surface area contributed by atoms with E-state index in [1.54, 1.807) is 35.3 Å². The van der Waals surface area contributed by atoms with E-state index in [1.165, 1.54) is 12.1 Å². The zero-order chi connectivity index (χ0) is 27.1. The third-order valence-electron chi connectivity index (χ3n) is 6.71. The molecule has 1 N–H and O–H groups in total. The number of aromatic nitrogens is 3. The smallest absolute Gasteiger partial charge is 0.229 e. The molecule has 0 radical (unpaired) electrons. The second-order valence-corrected chi connectivity index (χ2v) is 11.2. The van der Waals surface area contributed by atoms with Gasteiger partial charge in [0.2, 0.25) is 15.9 Å². The Morgan fingerprint density at radius 1 is 1.05 bits per heavy atom. The molecule has 0 unspecified atom stereocenters. The van der Waals surface area contributed by atoms with Crippen molar-refractivity contribution in [2.75, 3.05) is 11.0 Å². The minimum absolute atomic E-state index is 0.305. The summed E-state index contributed by atoms with van der Waals surface area (Å²) in [6, 6.07) is 21.7. The molecule has 0 amide bonds. The zero-order valence-electron chi connectivity index (χ0n) is 21.3. The monoisotopic (exact) mass is 540 g/mol. The van der Waals surface area contributed by atoms with E-state index in [9.17, 15) is 12.8 Å². The first-order chi connectivity index (χ1) is 18.8. The fourth-order valence-corrected chi connectivity index (χ4v) is 5.63. The Morgan fingerprint density at radius 3 is 2.64 bits per heavy atom. The number of hydrogen-bond acceptors (Lipinski definition) is 5. The van der Waals surface area contributed by atoms with Crippen molar-refractivity contribution in [1.82, 2.24) is 14.8 Å². The van der Waals surface area contributed by atoms with Crippen LogP contribution < -0.4 is 9.46 Å². The molecule has 0 bridgehead atoms. The molecular weight excluding hydrogens is 515 g/mol. The van der Waals surface area contributed by atoms with Crippen LogP contribution in [0.3, 0.4) is 0 Å². The molecule has 39 heavy (non-hydrogen) atoms. The summed E-state index contributed by atoms with van der Waals surface area (Å²) in [4.78, 5) is 4.52. The van der Waals surface area contributed by atoms with Crippen molar-refractivity contribution in [3.63, 3.8) is 0 Å². The summed E-state index contributed by atoms with van der Waals surface area (Å²) in [6.45, 7) is 2.38. The molecule has 1 aliphatic heterocycles. The highest BCUT2D eigenvalue weighted by Crippen LogP contribution is 2.43. The number of hydrogen-bond donors (Lipinski definition) is 1. The van der Waals surface area contributed by atoms with Crippen LogP contribution >= 0.6 is 0 Å². The van der Waals surface area contributed by atoms with Crippen LogP contribution in [-0.4, -0.2) is 29.4 Å². The predicted molar refractivity (Wildman–Crippen MR) is 151 cm³/mol. The maximum absolute atomic E-state index is 13.5. The summed E-state index contributed by atoms with van der Waals surface area (Å²) in [6.07, 6.45) is 5.32. The van der Waals surface area contributed by atoms with Gasteiger partial charge in [0.05, 0.1) is 23.7 Å². The topological polar surface area (TPSA) is 86.1 Å². The second-order valence-electron chi connectivity index (χ2n) is 9.41. The van der Waals surface area contributed by atoms with Crippen LogP contribution in [-0.2, 0) is 16.6 Å². The van der Waals surface area contributed by atoms with Crippen LogP contribution in [0.4, 0.5) is 10.1 Å². The Morgan fingerprint density at radius 2 is 1.87 bits per heavy atom. The van der Waals surface area contributed by atoms with E-state index in [0.717, 1.165) is 56.2 Å². The van der Waals surface area contributed by atoms with E-state index >= 15 is 0 Å². The molecule has 5 aromatic rings. The van der Waals surface area contributed by atoms with E-state index in [2.05, 4.69) is 33.9 Å². The molecule has 0 aliphatic carbocycles. The van der Waals surface area contributed by atoms with Crippen LogP contribution in [0.15, 0.2) is 85.2 Å². The van der Waals surface area contributed by atoms with Crippen LogP contribution in [0.2, 0.25) is 0 Å². The van der Waals surface area contributed by atoms with E-state index in [0.29, 0.717) is 24.6 Å². The van der Waals surface area contributed by atoms with Crippen molar-refractivity contribution in [3.05, 3.63) is 113 Å². The van der Waals surface area contributed by atoms with Crippen molar-refractivity contribution in [1.29, 1.82) is 0 Å². The first kappa shape index (κ1) is 24.8. The molecule has 9 heteroatoms. The number of rotatable bonds is 5. The van der Waals surface area contributed by atoms with Gasteiger partial charge in [-0.2, -0.15) is 5.10 Å². The Balaban J connectivity index is 1.59. The van der Waals surface area contributed by atoms with E-state index in [4.69, 9.17) is 4.74 Å². The van der Waals surface area contributed by atoms with Crippen molar-refractivity contribution in [2.24, 2.45) is 0 Å². The van der Waals surface area contributed by atoms with Gasteiger partial charge in [0, 0.05) is 22.8 Å². The molecule has 7 nitrogen and oxygen atoms in total. The third kappa shape index (κ3) is 4.77. The number of benzene rings is 3. The highest BCUT2D eigenvalue weighted by atomic mass is 32.2. The first-order valence-electron chi connectivity index (χ1n) is 12.5. The molecule has 0 fully saturated rings. The van der Waals surface area contributed by atoms with Gasteiger partial charge in [-0.15, -0.1) is 0 Å². The number of nitrogens with zero attached hydrogens (tertiary/aromatic N) is 3. The average Bonchev–Trinajstić information content (AvgIpc) is 3.25. The number of sulfonamides is 1. The highest BCUT2D eigenvalue weighted by molar-refractivity contribution is 7.92. The second kappa shape index (κ2) is 9.67. The molecule has 0 atom stereocenters. The Kier molecular flexibility index (Phi) is 6.15. The molecule has 196 valence electrons. The van der Waals surface area contributed by atoms with Gasteiger partial charge in [-0.1, -0.05) is 19.1 Å². The highest BCUT2D eigenvalue weighted by Gasteiger charge is 2.25. The first-order valence-corrected chi connectivity index (χ1v) is 14.4. The number of fused-ring (bicyclic) bond motifs is 3. The average molecular weight is 541 g/mol. The molecule has 0 spiro atoms. The number of anilines is 1. The van der Waals surface area contributed by atoms with E-state index in [1.807, 2.05) is 30.3 Å². The van der Waals surface area contributed by atoms with Crippen LogP contribution in [0.1, 0.15) is 35.6 Å². The SMILES string of the molecule is CC/C(=C1\c2cc3cnn(-c4ccc(F)cc4)c3cc2COc2ncccc21)c1cccc(NS(C)(=O)=O)c1. The van der Waals surface area contributed by atoms with Gasteiger partial charge >= 0.3 is 0 Å². The van der Waals surface area contributed by atoms with E-state index < -0.39 is 10.0 Å². The van der Waals surface area contributed by atoms with Crippen LogP contribution in [0, 0.1) is 5.82 Å². The van der Waals surface area contributed by atoms with Crippen molar-refractivity contribution in [2.45, 2.75) is 20.0 Å². The summed E-state index contributed by atoms with van der Waals surface area (Å²) >= 11 is 0. The number of halogens is 1. The maximum Gasteiger partial charge on any atom is 0.229 e. The number of ether oxygens (including phenoxy) is 1. The van der Waals surface area contributed by atoms with Gasteiger partial charge < -0.3 is 4.74 Å². The van der Waals surface area contributed by atoms with E-state index in [-0.39, 0.29) is 5.82 Å². The van der Waals surface area contributed by atoms with Gasteiger partial charge in [0.25, 0.3) is 0 Å². The summed E-state index contributed by atoms with van der Waals surface area (Å²) in [5.41, 5.74) is 7.83. The number of pyridine rings is 1. The van der Waals surface area contributed by atoms with Gasteiger partial charge in [0.1, 0.15) is 12.4 Å². The molecule has 3 aromatic carbocycles. The van der Waals surface area contributed by atoms with Gasteiger partial charge in [-0.3, -0.25) is 4.72 Å². The fourth-order valence-electron chi connectivity index (χ4n) is 5.08. The van der Waals surface area contributed by atoms with Crippen molar-refractivity contribution in [3.8, 4) is 11.6 Å². The molecular formula is C30H25FN4O3S. The number of allylic oxidation sites excluding steroid dienone is 1. The lowest BCUT2D eigenvalue weighted by Gasteiger charge is -2.18. The van der Waals surface area contributed by atoms with Crippen LogP contribution in [0.5, 0.6) is 5.88 Å². The molecule has 6 rings (SSSR count). The Hall–Kier alpha value is -4.50. The lowest BCUT2D eigenvalue weighted by molar-refractivity contribution is 0.295. The molecule has 0 saturated carbocycles. The van der Waals surface area contributed by atoms with Crippen molar-refractivity contribution >= 4 is 37.8 Å². The third-order valence-corrected chi connectivity index (χ3v) is 7.31. The fraction of sp³-hybridized carbons (Fsp3) is 0.133. The minimum atomic E-state index is -3.43. The zero-order valence-corrected chi connectivity index (χ0v) is 22.2. The molecule has 3 heterocycles. The normalized spacial score (nSPS) is 14.2. The quantitative estimate of drug-likeness (QED) is 0.287. The molecule has 1 aliphatic rings. The summed E-state index contributed by atoms with van der Waals surface area (Å²) in [5.74, 6) is 0.227. The van der Waals surface area contributed by atoms with Crippen LogP contribution in [0.25, 0.3) is 27.7 Å². The summed E-state index contributed by atoms with van der Waals surface area (Å²) < 4.78 is 47.9. The lowest BCUT2D eigenvalue weighted by Crippen LogP contribution is -2.09. The van der Waals surface area contributed by atoms with Gasteiger partial charge in [-0.25, -0.2) is 22.5 Å². The number of nitrogens with one attached hydrogen (secondary N) is 1. The summed E-state index contributed by atoms with van der Waals surface area (Å²) in [7, 11) is -3.43. The Bertz CT molecular complexity index is 1860. The minimum Gasteiger partial charge on any atom is -0.472 e. The Labute approximate surface area is 225 Å². The predicted octanol–water partition coefficient (Wildman–Crippen LogP) is 6.19. The maximum atomic E-state index is 13.5. The lowest BCUT2D eigenvalue weighted by atomic mass is 9.86. The molecule has 2 aromatic heterocycles. The van der Waals surface area contributed by atoms with Gasteiger partial charge in [0.15, 0.2) is 0 Å². The molecule has 0 saturated heterocycles. The van der Waals surface area contributed by atoms with Gasteiger partial charge in [-0.05, 0) is 94.9 Å². The van der Waals surface area contributed by atoms with Crippen molar-refractivity contribution < 1.29 is 17.5 Å². The largest absolute Gasteiger partial charge is 0.472 e. The summed E-state index contributed by atoms with van der Waals surface area (Å²) in [5, 5.41) is 5.51. The standard InChI is InChI=1S/C30H25FN4O3S/c1-3-25(19-6-4-7-23(14-19)34-39(2,36)37)29-26-8-5-13-32-30(26)38-18-21-16-28-20(15-27(21)29)17-33-35(28)24-11-9-22(31)10-12-24/h4-17,34H,3,18H2,1-2H3/b29-25+.